The molecule has 0 amide bonds. The Bertz CT molecular complexity index is 631. The van der Waals surface area contributed by atoms with Crippen molar-refractivity contribution in [1.82, 2.24) is 5.32 Å². The molecule has 1 unspecified atom stereocenters. The highest BCUT2D eigenvalue weighted by Gasteiger charge is 2.24. The molecule has 0 fully saturated rings. The van der Waals surface area contributed by atoms with Gasteiger partial charge >= 0.3 is 0 Å². The van der Waals surface area contributed by atoms with Gasteiger partial charge in [-0.15, -0.1) is 0 Å². The van der Waals surface area contributed by atoms with Crippen molar-refractivity contribution in [2.45, 2.75) is 32.2 Å². The fourth-order valence-corrected chi connectivity index (χ4v) is 3.04. The van der Waals surface area contributed by atoms with E-state index in [4.69, 9.17) is 0 Å². The minimum atomic E-state index is -0.208. The first-order chi connectivity index (χ1) is 9.86. The van der Waals surface area contributed by atoms with Crippen molar-refractivity contribution < 1.29 is 4.39 Å². The van der Waals surface area contributed by atoms with E-state index in [2.05, 4.69) is 54.2 Å². The van der Waals surface area contributed by atoms with E-state index >= 15 is 0 Å². The zero-order chi connectivity index (χ0) is 15.6. The summed E-state index contributed by atoms with van der Waals surface area (Å²) in [5.74, 6) is -0.208. The molecule has 2 rings (SSSR count). The number of hydrogen-bond acceptors (Lipinski definition) is 1. The third kappa shape index (κ3) is 3.35. The first-order valence-electron chi connectivity index (χ1n) is 7.07. The highest BCUT2D eigenvalue weighted by atomic mass is 79.9. The molecule has 0 aromatic heterocycles. The second-order valence-electron chi connectivity index (χ2n) is 6.20. The van der Waals surface area contributed by atoms with E-state index < -0.39 is 0 Å². The molecular weight excluding hydrogens is 329 g/mol. The van der Waals surface area contributed by atoms with Crippen LogP contribution in [0.3, 0.4) is 0 Å². The first-order valence-corrected chi connectivity index (χ1v) is 7.86. The molecule has 2 aromatic rings. The van der Waals surface area contributed by atoms with Crippen LogP contribution in [0, 0.1) is 5.82 Å². The number of hydrogen-bond donors (Lipinski definition) is 1. The molecule has 0 saturated heterocycles. The molecule has 0 spiro atoms. The molecule has 3 heteroatoms. The number of rotatable bonds is 3. The van der Waals surface area contributed by atoms with Crippen molar-refractivity contribution in [1.29, 1.82) is 0 Å². The summed E-state index contributed by atoms with van der Waals surface area (Å²) in [7, 11) is 1.87. The van der Waals surface area contributed by atoms with E-state index in [1.165, 1.54) is 5.56 Å². The van der Waals surface area contributed by atoms with Crippen molar-refractivity contribution in [2.24, 2.45) is 0 Å². The Kier molecular flexibility index (Phi) is 4.84. The maximum absolute atomic E-state index is 14.5. The lowest BCUT2D eigenvalue weighted by atomic mass is 9.80. The van der Waals surface area contributed by atoms with Crippen LogP contribution >= 0.6 is 15.9 Å². The van der Waals surface area contributed by atoms with Crippen LogP contribution in [0.15, 0.2) is 46.9 Å². The molecule has 0 saturated carbocycles. The van der Waals surface area contributed by atoms with Gasteiger partial charge in [0, 0.05) is 5.56 Å². The quantitative estimate of drug-likeness (QED) is 0.803. The van der Waals surface area contributed by atoms with Crippen LogP contribution in [-0.4, -0.2) is 7.05 Å². The Morgan fingerprint density at radius 2 is 1.62 bits per heavy atom. The Morgan fingerprint density at radius 3 is 2.24 bits per heavy atom. The van der Waals surface area contributed by atoms with Gasteiger partial charge in [0.05, 0.1) is 10.5 Å². The predicted molar refractivity (Wildman–Crippen MR) is 90.1 cm³/mol. The van der Waals surface area contributed by atoms with Crippen molar-refractivity contribution in [3.63, 3.8) is 0 Å². The number of nitrogens with one attached hydrogen (secondary N) is 1. The van der Waals surface area contributed by atoms with Crippen molar-refractivity contribution in [2.75, 3.05) is 7.05 Å². The zero-order valence-corrected chi connectivity index (χ0v) is 14.5. The topological polar surface area (TPSA) is 12.0 Å². The minimum Gasteiger partial charge on any atom is -0.309 e. The lowest BCUT2D eigenvalue weighted by Crippen LogP contribution is -2.24. The molecule has 0 aliphatic rings. The second kappa shape index (κ2) is 6.29. The van der Waals surface area contributed by atoms with Gasteiger partial charge < -0.3 is 5.32 Å². The normalized spacial score (nSPS) is 13.2. The van der Waals surface area contributed by atoms with E-state index in [1.807, 2.05) is 31.3 Å². The summed E-state index contributed by atoms with van der Waals surface area (Å²) in [6, 6.07) is 13.5. The van der Waals surface area contributed by atoms with Gasteiger partial charge in [0.2, 0.25) is 0 Å². The molecule has 0 bridgehead atoms. The number of benzene rings is 2. The first kappa shape index (κ1) is 16.2. The van der Waals surface area contributed by atoms with Crippen LogP contribution in [0.4, 0.5) is 4.39 Å². The molecule has 2 aromatic carbocycles. The lowest BCUT2D eigenvalue weighted by molar-refractivity contribution is 0.546. The van der Waals surface area contributed by atoms with Crippen LogP contribution in [0.2, 0.25) is 0 Å². The van der Waals surface area contributed by atoms with Crippen LogP contribution in [0.25, 0.3) is 0 Å². The van der Waals surface area contributed by atoms with E-state index in [1.54, 1.807) is 6.07 Å². The molecular formula is C18H21BrFN. The summed E-state index contributed by atoms with van der Waals surface area (Å²) in [4.78, 5) is 0. The van der Waals surface area contributed by atoms with Crippen LogP contribution < -0.4 is 5.32 Å². The monoisotopic (exact) mass is 349 g/mol. The van der Waals surface area contributed by atoms with Crippen molar-refractivity contribution >= 4 is 15.9 Å². The molecule has 0 heterocycles. The Labute approximate surface area is 134 Å². The predicted octanol–water partition coefficient (Wildman–Crippen LogP) is 5.19. The summed E-state index contributed by atoms with van der Waals surface area (Å²) in [5, 5.41) is 3.25. The van der Waals surface area contributed by atoms with Crippen LogP contribution in [-0.2, 0) is 5.41 Å². The Balaban J connectivity index is 2.60. The average Bonchev–Trinajstić information content (AvgIpc) is 2.44. The molecule has 1 atom stereocenters. The van der Waals surface area contributed by atoms with Crippen molar-refractivity contribution in [3.05, 3.63) is 69.4 Å². The standard InChI is InChI=1S/C18H21BrFN/c1-18(2,3)14-10-6-5-8-12(14)17(21-4)13-9-7-11-15(19)16(13)20/h5-11,17,21H,1-4H3. The van der Waals surface area contributed by atoms with Crippen LogP contribution in [0.5, 0.6) is 0 Å². The fourth-order valence-electron chi connectivity index (χ4n) is 2.65. The Morgan fingerprint density at radius 1 is 1.00 bits per heavy atom. The molecule has 0 aliphatic heterocycles. The molecule has 1 nitrogen and oxygen atoms in total. The van der Waals surface area contributed by atoms with Gasteiger partial charge in [-0.1, -0.05) is 57.2 Å². The molecule has 0 radical (unpaired) electrons. The lowest BCUT2D eigenvalue weighted by Gasteiger charge is -2.28. The highest BCUT2D eigenvalue weighted by molar-refractivity contribution is 9.10. The van der Waals surface area contributed by atoms with Gasteiger partial charge in [-0.05, 0) is 45.6 Å². The van der Waals surface area contributed by atoms with Crippen LogP contribution in [0.1, 0.15) is 43.5 Å². The minimum absolute atomic E-state index is 0.00812. The van der Waals surface area contributed by atoms with Gasteiger partial charge in [-0.25, -0.2) is 4.39 Å². The van der Waals surface area contributed by atoms with Gasteiger partial charge in [-0.2, -0.15) is 0 Å². The van der Waals surface area contributed by atoms with E-state index in [0.29, 0.717) is 10.0 Å². The summed E-state index contributed by atoms with van der Waals surface area (Å²) < 4.78 is 15.0. The van der Waals surface area contributed by atoms with Gasteiger partial charge in [0.25, 0.3) is 0 Å². The molecule has 0 aliphatic carbocycles. The third-order valence-corrected chi connectivity index (χ3v) is 4.27. The van der Waals surface area contributed by atoms with Gasteiger partial charge in [0.15, 0.2) is 0 Å². The smallest absolute Gasteiger partial charge is 0.142 e. The Hall–Kier alpha value is -1.19. The molecule has 112 valence electrons. The second-order valence-corrected chi connectivity index (χ2v) is 7.06. The third-order valence-electron chi connectivity index (χ3n) is 3.66. The summed E-state index contributed by atoms with van der Waals surface area (Å²) >= 11 is 3.27. The molecule has 1 N–H and O–H groups in total. The van der Waals surface area contributed by atoms with Gasteiger partial charge in [-0.3, -0.25) is 0 Å². The largest absolute Gasteiger partial charge is 0.309 e. The SMILES string of the molecule is CNC(c1ccccc1C(C)(C)C)c1cccc(Br)c1F. The summed E-state index contributed by atoms with van der Waals surface area (Å²) in [5.41, 5.74) is 3.01. The fraction of sp³-hybridized carbons (Fsp3) is 0.333. The van der Waals surface area contributed by atoms with E-state index in [0.717, 1.165) is 5.56 Å². The van der Waals surface area contributed by atoms with Crippen molar-refractivity contribution in [3.8, 4) is 0 Å². The molecule has 21 heavy (non-hydrogen) atoms. The maximum Gasteiger partial charge on any atom is 0.142 e. The highest BCUT2D eigenvalue weighted by Crippen LogP contribution is 2.34. The van der Waals surface area contributed by atoms with E-state index in [9.17, 15) is 4.39 Å². The van der Waals surface area contributed by atoms with Gasteiger partial charge in [0.1, 0.15) is 5.82 Å². The average molecular weight is 350 g/mol. The maximum atomic E-state index is 14.5. The van der Waals surface area contributed by atoms with E-state index in [-0.39, 0.29) is 17.3 Å². The summed E-state index contributed by atoms with van der Waals surface area (Å²) in [6.07, 6.45) is 0. The zero-order valence-electron chi connectivity index (χ0n) is 12.9. The number of halogens is 2. The summed E-state index contributed by atoms with van der Waals surface area (Å²) in [6.45, 7) is 6.53.